The normalized spacial score (nSPS) is 10.7. The Morgan fingerprint density at radius 3 is 2.77 bits per heavy atom. The van der Waals surface area contributed by atoms with Crippen molar-refractivity contribution in [2.75, 3.05) is 5.32 Å². The Labute approximate surface area is 155 Å². The van der Waals surface area contributed by atoms with E-state index in [-0.39, 0.29) is 11.6 Å². The average Bonchev–Trinajstić information content (AvgIpc) is 3.32. The van der Waals surface area contributed by atoms with Crippen LogP contribution in [0, 0.1) is 0 Å². The molecule has 0 radical (unpaired) electrons. The van der Waals surface area contributed by atoms with Crippen LogP contribution in [0.5, 0.6) is 0 Å². The van der Waals surface area contributed by atoms with Crippen molar-refractivity contribution >= 4 is 34.0 Å². The maximum absolute atomic E-state index is 12.5. The molecule has 0 aliphatic rings. The number of carbonyl (C=O) groups is 1. The Hall–Kier alpha value is -3.24. The molecule has 0 spiro atoms. The van der Waals surface area contributed by atoms with Gasteiger partial charge in [-0.05, 0) is 18.2 Å². The number of rotatable bonds is 4. The molecule has 0 unspecified atom stereocenters. The smallest absolute Gasteiger partial charge is 0.277 e. The largest absolute Gasteiger partial charge is 0.296 e. The zero-order valence-electron chi connectivity index (χ0n) is 12.9. The molecule has 1 amide bonds. The number of nitrogens with zero attached hydrogens (tertiary/aromatic N) is 7. The van der Waals surface area contributed by atoms with Gasteiger partial charge in [0.25, 0.3) is 11.9 Å². The molecule has 0 bridgehead atoms. The first kappa shape index (κ1) is 16.2. The summed E-state index contributed by atoms with van der Waals surface area (Å²) in [6.45, 7) is 0. The molecule has 4 heterocycles. The number of pyridine rings is 1. The van der Waals surface area contributed by atoms with E-state index in [1.807, 2.05) is 0 Å². The van der Waals surface area contributed by atoms with Gasteiger partial charge in [-0.25, -0.2) is 15.0 Å². The highest BCUT2D eigenvalue weighted by molar-refractivity contribution is 7.14. The zero-order chi connectivity index (χ0) is 17.9. The van der Waals surface area contributed by atoms with E-state index >= 15 is 0 Å². The number of amides is 1. The molecule has 26 heavy (non-hydrogen) atoms. The number of hydrogen-bond acceptors (Lipinski definition) is 8. The summed E-state index contributed by atoms with van der Waals surface area (Å²) >= 11 is 7.38. The number of carbonyl (C=O) groups excluding carboxylic acids is 1. The van der Waals surface area contributed by atoms with Crippen LogP contribution < -0.4 is 5.32 Å². The van der Waals surface area contributed by atoms with Crippen LogP contribution in [0.1, 0.15) is 10.5 Å². The van der Waals surface area contributed by atoms with E-state index in [4.69, 9.17) is 11.6 Å². The summed E-state index contributed by atoms with van der Waals surface area (Å²) in [5.74, 6) is -0.189. The second kappa shape index (κ2) is 6.94. The van der Waals surface area contributed by atoms with Gasteiger partial charge >= 0.3 is 0 Å². The maximum atomic E-state index is 12.5. The first-order valence-corrected chi connectivity index (χ1v) is 8.54. The number of thiazole rings is 1. The first-order valence-electron chi connectivity index (χ1n) is 7.28. The van der Waals surface area contributed by atoms with Crippen LogP contribution in [0.15, 0.2) is 48.4 Å². The van der Waals surface area contributed by atoms with Gasteiger partial charge in [-0.2, -0.15) is 4.68 Å². The fraction of sp³-hybridized carbons (Fsp3) is 0. The van der Waals surface area contributed by atoms with Gasteiger partial charge in [0, 0.05) is 24.0 Å². The molecule has 0 aromatic carbocycles. The maximum Gasteiger partial charge on any atom is 0.277 e. The van der Waals surface area contributed by atoms with Crippen LogP contribution in [0.25, 0.3) is 17.3 Å². The molecule has 0 fully saturated rings. The molecule has 0 saturated heterocycles. The molecule has 0 aliphatic heterocycles. The third-order valence-electron chi connectivity index (χ3n) is 3.25. The minimum Gasteiger partial charge on any atom is -0.296 e. The van der Waals surface area contributed by atoms with Crippen molar-refractivity contribution in [1.82, 2.24) is 34.9 Å². The Bertz CT molecular complexity index is 1060. The van der Waals surface area contributed by atoms with Crippen molar-refractivity contribution in [2.45, 2.75) is 0 Å². The van der Waals surface area contributed by atoms with Gasteiger partial charge in [0.15, 0.2) is 10.8 Å². The molecule has 1 N–H and O–H groups in total. The summed E-state index contributed by atoms with van der Waals surface area (Å²) in [6.07, 6.45) is 6.06. The Morgan fingerprint density at radius 2 is 1.96 bits per heavy atom. The van der Waals surface area contributed by atoms with Gasteiger partial charge in [-0.1, -0.05) is 16.8 Å². The van der Waals surface area contributed by atoms with Crippen LogP contribution in [-0.4, -0.2) is 40.8 Å². The van der Waals surface area contributed by atoms with E-state index < -0.39 is 5.91 Å². The van der Waals surface area contributed by atoms with E-state index in [1.54, 1.807) is 42.2 Å². The predicted molar refractivity (Wildman–Crippen MR) is 95.3 cm³/mol. The summed E-state index contributed by atoms with van der Waals surface area (Å²) in [7, 11) is 0. The highest BCUT2D eigenvalue weighted by atomic mass is 35.5. The molecule has 4 aromatic heterocycles. The van der Waals surface area contributed by atoms with Crippen LogP contribution >= 0.6 is 22.9 Å². The van der Waals surface area contributed by atoms with Gasteiger partial charge in [0.05, 0.1) is 11.2 Å². The third-order valence-corrected chi connectivity index (χ3v) is 4.31. The lowest BCUT2D eigenvalue weighted by Gasteiger charge is -2.03. The van der Waals surface area contributed by atoms with Gasteiger partial charge < -0.3 is 0 Å². The van der Waals surface area contributed by atoms with Gasteiger partial charge in [0.1, 0.15) is 11.4 Å². The number of halogens is 1. The fourth-order valence-corrected chi connectivity index (χ4v) is 3.02. The summed E-state index contributed by atoms with van der Waals surface area (Å²) in [4.78, 5) is 29.2. The van der Waals surface area contributed by atoms with E-state index in [9.17, 15) is 4.79 Å². The molecule has 0 saturated carbocycles. The van der Waals surface area contributed by atoms with Gasteiger partial charge in [-0.15, -0.1) is 16.4 Å². The third kappa shape index (κ3) is 3.15. The second-order valence-corrected chi connectivity index (χ2v) is 6.17. The van der Waals surface area contributed by atoms with Crippen molar-refractivity contribution in [2.24, 2.45) is 0 Å². The summed E-state index contributed by atoms with van der Waals surface area (Å²) < 4.78 is 1.25. The Balaban J connectivity index is 1.57. The van der Waals surface area contributed by atoms with E-state index in [1.165, 1.54) is 22.2 Å². The fourth-order valence-electron chi connectivity index (χ4n) is 2.11. The van der Waals surface area contributed by atoms with Crippen molar-refractivity contribution in [3.63, 3.8) is 0 Å². The highest BCUT2D eigenvalue weighted by Gasteiger charge is 2.18. The van der Waals surface area contributed by atoms with Crippen LogP contribution in [0.4, 0.5) is 5.13 Å². The summed E-state index contributed by atoms with van der Waals surface area (Å²) in [5.41, 5.74) is 1.31. The molecule has 128 valence electrons. The number of hydrogen-bond donors (Lipinski definition) is 1. The average molecular weight is 385 g/mol. The Morgan fingerprint density at radius 1 is 1.15 bits per heavy atom. The molecular formula is C15H9ClN8OS. The SMILES string of the molecule is O=C(Nc1nc(-c2ncccc2Cl)cs1)c1cnnn1-c1ncccn1. The van der Waals surface area contributed by atoms with Crippen molar-refractivity contribution < 1.29 is 4.79 Å². The summed E-state index contributed by atoms with van der Waals surface area (Å²) in [5, 5.41) is 13.0. The van der Waals surface area contributed by atoms with E-state index in [2.05, 4.69) is 35.6 Å². The lowest BCUT2D eigenvalue weighted by Crippen LogP contribution is -2.18. The standard InChI is InChI=1S/C15H9ClN8OS/c16-9-3-1-4-17-12(9)10-8-26-15(21-10)22-13(25)11-7-20-23-24(11)14-18-5-2-6-19-14/h1-8H,(H,21,22,25). The molecule has 0 aliphatic carbocycles. The second-order valence-electron chi connectivity index (χ2n) is 4.91. The van der Waals surface area contributed by atoms with Crippen LogP contribution in [0.3, 0.4) is 0 Å². The zero-order valence-corrected chi connectivity index (χ0v) is 14.5. The molecular weight excluding hydrogens is 376 g/mol. The quantitative estimate of drug-likeness (QED) is 0.575. The molecule has 11 heteroatoms. The van der Waals surface area contributed by atoms with E-state index in [0.717, 1.165) is 0 Å². The van der Waals surface area contributed by atoms with Crippen molar-refractivity contribution in [3.8, 4) is 17.3 Å². The molecule has 4 rings (SSSR count). The van der Waals surface area contributed by atoms with Crippen molar-refractivity contribution in [3.05, 3.63) is 59.1 Å². The van der Waals surface area contributed by atoms with Gasteiger partial charge in [0.2, 0.25) is 0 Å². The molecule has 4 aromatic rings. The predicted octanol–water partition coefficient (Wildman–Crippen LogP) is 2.48. The Kier molecular flexibility index (Phi) is 4.33. The topological polar surface area (TPSA) is 111 Å². The number of aromatic nitrogens is 7. The number of anilines is 1. The minimum atomic E-state index is -0.435. The van der Waals surface area contributed by atoms with Gasteiger partial charge in [-0.3, -0.25) is 15.1 Å². The van der Waals surface area contributed by atoms with Crippen LogP contribution in [0.2, 0.25) is 5.02 Å². The highest BCUT2D eigenvalue weighted by Crippen LogP contribution is 2.28. The monoisotopic (exact) mass is 384 g/mol. The molecule has 9 nitrogen and oxygen atoms in total. The van der Waals surface area contributed by atoms with E-state index in [0.29, 0.717) is 21.5 Å². The lowest BCUT2D eigenvalue weighted by atomic mass is 10.3. The summed E-state index contributed by atoms with van der Waals surface area (Å²) in [6, 6.07) is 5.13. The molecule has 0 atom stereocenters. The number of nitrogens with one attached hydrogen (secondary N) is 1. The first-order chi connectivity index (χ1) is 12.7. The van der Waals surface area contributed by atoms with Crippen LogP contribution in [-0.2, 0) is 0 Å². The van der Waals surface area contributed by atoms with Crippen molar-refractivity contribution in [1.29, 1.82) is 0 Å². The minimum absolute atomic E-state index is 0.184. The lowest BCUT2D eigenvalue weighted by molar-refractivity contribution is 0.101.